The number of carbonyl (C=O) groups is 3. The van der Waals surface area contributed by atoms with Gasteiger partial charge in [-0.25, -0.2) is 4.79 Å². The molecule has 1 saturated carbocycles. The molecule has 3 heterocycles. The summed E-state index contributed by atoms with van der Waals surface area (Å²) in [6.07, 6.45) is 3.15. The minimum atomic E-state index is -0.846. The van der Waals surface area contributed by atoms with Gasteiger partial charge in [0.25, 0.3) is 5.91 Å². The maximum Gasteiger partial charge on any atom is 0.325 e. The number of nitrogens with one attached hydrogen (secondary N) is 1. The van der Waals surface area contributed by atoms with Gasteiger partial charge in [-0.2, -0.15) is 0 Å². The molecule has 1 aromatic rings. The number of thiophene rings is 1. The van der Waals surface area contributed by atoms with Crippen LogP contribution in [0, 0.1) is 11.3 Å². The number of nitrogens with zero attached hydrogens (tertiary/aromatic N) is 2. The van der Waals surface area contributed by atoms with Crippen LogP contribution in [-0.4, -0.2) is 46.3 Å². The number of hydrogen-bond acceptors (Lipinski definition) is 4. The van der Waals surface area contributed by atoms with Gasteiger partial charge in [-0.05, 0) is 54.0 Å². The minimum absolute atomic E-state index is 0.0111. The zero-order valence-electron chi connectivity index (χ0n) is 16.2. The Morgan fingerprint density at radius 2 is 2.11 bits per heavy atom. The molecule has 146 valence electrons. The van der Waals surface area contributed by atoms with Crippen LogP contribution < -0.4 is 5.32 Å². The van der Waals surface area contributed by atoms with Crippen LogP contribution in [0.2, 0.25) is 0 Å². The van der Waals surface area contributed by atoms with Crippen LogP contribution in [0.25, 0.3) is 0 Å². The van der Waals surface area contributed by atoms with Crippen molar-refractivity contribution in [2.24, 2.45) is 11.3 Å². The number of carbonyl (C=O) groups excluding carboxylic acids is 3. The highest BCUT2D eigenvalue weighted by Gasteiger charge is 2.56. The van der Waals surface area contributed by atoms with Crippen LogP contribution in [0.5, 0.6) is 0 Å². The number of imide groups is 1. The molecule has 1 saturated heterocycles. The minimum Gasteiger partial charge on any atom is -0.336 e. The number of urea groups is 1. The lowest BCUT2D eigenvalue weighted by molar-refractivity contribution is -0.141. The van der Waals surface area contributed by atoms with Gasteiger partial charge in [-0.3, -0.25) is 14.5 Å². The Morgan fingerprint density at radius 1 is 1.33 bits per heavy atom. The molecule has 1 aliphatic carbocycles. The first kappa shape index (κ1) is 18.5. The van der Waals surface area contributed by atoms with E-state index in [0.29, 0.717) is 31.8 Å². The fourth-order valence-corrected chi connectivity index (χ4v) is 6.24. The summed E-state index contributed by atoms with van der Waals surface area (Å²) in [7, 11) is 0. The molecule has 4 rings (SSSR count). The molecular weight excluding hydrogens is 362 g/mol. The van der Waals surface area contributed by atoms with E-state index in [1.54, 1.807) is 16.2 Å². The van der Waals surface area contributed by atoms with Crippen LogP contribution in [0.3, 0.4) is 0 Å². The average Bonchev–Trinajstić information content (AvgIpc) is 3.11. The summed E-state index contributed by atoms with van der Waals surface area (Å²) < 4.78 is 0. The third-order valence-electron chi connectivity index (χ3n) is 6.08. The van der Waals surface area contributed by atoms with Crippen LogP contribution in [0.1, 0.15) is 50.5 Å². The average molecular weight is 390 g/mol. The van der Waals surface area contributed by atoms with Crippen molar-refractivity contribution < 1.29 is 14.4 Å². The summed E-state index contributed by atoms with van der Waals surface area (Å²) in [5, 5.41) is 4.99. The fourth-order valence-electron chi connectivity index (χ4n) is 5.35. The smallest absolute Gasteiger partial charge is 0.325 e. The number of hydrogen-bond donors (Lipinski definition) is 1. The van der Waals surface area contributed by atoms with E-state index >= 15 is 0 Å². The Bertz CT molecular complexity index is 802. The summed E-state index contributed by atoms with van der Waals surface area (Å²) >= 11 is 1.72. The molecule has 1 N–H and O–H groups in total. The molecular formula is C20H27N3O3S. The maximum absolute atomic E-state index is 13.2. The zero-order chi connectivity index (χ0) is 19.4. The normalized spacial score (nSPS) is 29.8. The van der Waals surface area contributed by atoms with Crippen molar-refractivity contribution in [1.82, 2.24) is 15.1 Å². The van der Waals surface area contributed by atoms with Gasteiger partial charge in [0.05, 0.1) is 0 Å². The molecule has 27 heavy (non-hydrogen) atoms. The van der Waals surface area contributed by atoms with Gasteiger partial charge >= 0.3 is 6.03 Å². The first-order valence-corrected chi connectivity index (χ1v) is 10.5. The van der Waals surface area contributed by atoms with Crippen molar-refractivity contribution in [1.29, 1.82) is 0 Å². The molecule has 2 aliphatic heterocycles. The Balaban J connectivity index is 1.48. The standard InChI is InChI=1S/C20H27N3O3S/c1-13-8-19(2,3)12-20(9-13)17(25)23(18(26)21-20)11-16(24)22-6-4-15-14(10-22)5-7-27-15/h5,7,13H,4,6,8-12H2,1-3H3,(H,21,26). The van der Waals surface area contributed by atoms with Gasteiger partial charge in [-0.1, -0.05) is 20.8 Å². The van der Waals surface area contributed by atoms with Crippen LogP contribution in [0.4, 0.5) is 4.79 Å². The number of rotatable bonds is 2. The van der Waals surface area contributed by atoms with E-state index < -0.39 is 11.6 Å². The summed E-state index contributed by atoms with van der Waals surface area (Å²) in [6, 6.07) is 1.62. The first-order chi connectivity index (χ1) is 12.7. The Hall–Kier alpha value is -1.89. The van der Waals surface area contributed by atoms with Crippen molar-refractivity contribution in [3.8, 4) is 0 Å². The Labute approximate surface area is 163 Å². The molecule has 0 aromatic carbocycles. The van der Waals surface area contributed by atoms with Gasteiger partial charge < -0.3 is 10.2 Å². The van der Waals surface area contributed by atoms with Gasteiger partial charge in [0.2, 0.25) is 5.91 Å². The lowest BCUT2D eigenvalue weighted by atomic mass is 9.64. The highest BCUT2D eigenvalue weighted by Crippen LogP contribution is 2.46. The quantitative estimate of drug-likeness (QED) is 0.791. The van der Waals surface area contributed by atoms with E-state index in [1.165, 1.54) is 10.4 Å². The molecule has 3 aliphatic rings. The van der Waals surface area contributed by atoms with Gasteiger partial charge in [0, 0.05) is 18.0 Å². The van der Waals surface area contributed by atoms with Crippen molar-refractivity contribution in [2.75, 3.05) is 13.1 Å². The molecule has 2 fully saturated rings. The van der Waals surface area contributed by atoms with Gasteiger partial charge in [0.1, 0.15) is 12.1 Å². The first-order valence-electron chi connectivity index (χ1n) is 9.66. The lowest BCUT2D eigenvalue weighted by Gasteiger charge is -2.43. The predicted molar refractivity (Wildman–Crippen MR) is 103 cm³/mol. The van der Waals surface area contributed by atoms with Crippen LogP contribution in [0.15, 0.2) is 11.4 Å². The zero-order valence-corrected chi connectivity index (χ0v) is 17.0. The largest absolute Gasteiger partial charge is 0.336 e. The fraction of sp³-hybridized carbons (Fsp3) is 0.650. The van der Waals surface area contributed by atoms with E-state index in [1.807, 2.05) is 11.4 Å². The third kappa shape index (κ3) is 3.26. The van der Waals surface area contributed by atoms with Crippen LogP contribution >= 0.6 is 11.3 Å². The monoisotopic (exact) mass is 389 g/mol. The van der Waals surface area contributed by atoms with E-state index in [-0.39, 0.29) is 23.8 Å². The van der Waals surface area contributed by atoms with E-state index in [0.717, 1.165) is 17.7 Å². The second-order valence-electron chi connectivity index (χ2n) is 9.19. The summed E-state index contributed by atoms with van der Waals surface area (Å²) in [5.74, 6) is -0.0306. The number of amides is 4. The second-order valence-corrected chi connectivity index (χ2v) is 10.2. The molecule has 6 nitrogen and oxygen atoms in total. The topological polar surface area (TPSA) is 69.7 Å². The highest BCUT2D eigenvalue weighted by atomic mass is 32.1. The molecule has 1 spiro atoms. The number of fused-ring (bicyclic) bond motifs is 1. The summed E-state index contributed by atoms with van der Waals surface area (Å²) in [4.78, 5) is 42.8. The van der Waals surface area contributed by atoms with Crippen molar-refractivity contribution >= 4 is 29.2 Å². The SMILES string of the molecule is CC1CC(C)(C)CC2(C1)NC(=O)N(CC(=O)N1CCc3sccc3C1)C2=O. The van der Waals surface area contributed by atoms with Crippen molar-refractivity contribution in [3.63, 3.8) is 0 Å². The molecule has 0 radical (unpaired) electrons. The Kier molecular flexibility index (Phi) is 4.33. The second kappa shape index (κ2) is 6.33. The highest BCUT2D eigenvalue weighted by molar-refractivity contribution is 7.10. The Morgan fingerprint density at radius 3 is 2.85 bits per heavy atom. The summed E-state index contributed by atoms with van der Waals surface area (Å²) in [6.45, 7) is 7.46. The summed E-state index contributed by atoms with van der Waals surface area (Å²) in [5.41, 5.74) is 0.320. The van der Waals surface area contributed by atoms with Gasteiger partial charge in [0.15, 0.2) is 0 Å². The maximum atomic E-state index is 13.2. The van der Waals surface area contributed by atoms with E-state index in [2.05, 4.69) is 26.1 Å². The molecule has 4 amide bonds. The van der Waals surface area contributed by atoms with Crippen molar-refractivity contribution in [3.05, 3.63) is 21.9 Å². The van der Waals surface area contributed by atoms with Crippen LogP contribution in [-0.2, 0) is 22.6 Å². The predicted octanol–water partition coefficient (Wildman–Crippen LogP) is 2.77. The molecule has 0 bridgehead atoms. The molecule has 7 heteroatoms. The molecule has 1 aromatic heterocycles. The lowest BCUT2D eigenvalue weighted by Crippen LogP contribution is -2.54. The van der Waals surface area contributed by atoms with Crippen molar-refractivity contribution in [2.45, 2.75) is 58.5 Å². The third-order valence-corrected chi connectivity index (χ3v) is 7.10. The molecule has 2 unspecified atom stereocenters. The van der Waals surface area contributed by atoms with E-state index in [4.69, 9.17) is 0 Å². The molecule has 2 atom stereocenters. The van der Waals surface area contributed by atoms with E-state index in [9.17, 15) is 14.4 Å². The van der Waals surface area contributed by atoms with Gasteiger partial charge in [-0.15, -0.1) is 11.3 Å².